The zero-order valence-electron chi connectivity index (χ0n) is 13.8. The van der Waals surface area contributed by atoms with Crippen LogP contribution in [0.15, 0.2) is 0 Å². The normalized spacial score (nSPS) is 10.9. The Bertz CT molecular complexity index is 421. The van der Waals surface area contributed by atoms with Gasteiger partial charge in [0.05, 0.1) is 6.61 Å². The highest BCUT2D eigenvalue weighted by Gasteiger charge is 2.11. The van der Waals surface area contributed by atoms with E-state index < -0.39 is 0 Å². The summed E-state index contributed by atoms with van der Waals surface area (Å²) in [6, 6.07) is 0. The van der Waals surface area contributed by atoms with Gasteiger partial charge < -0.3 is 20.7 Å². The van der Waals surface area contributed by atoms with Gasteiger partial charge in [-0.05, 0) is 39.4 Å². The van der Waals surface area contributed by atoms with Crippen LogP contribution in [0.5, 0.6) is 5.88 Å². The van der Waals surface area contributed by atoms with E-state index in [0.717, 1.165) is 39.0 Å². The minimum Gasteiger partial charge on any atom is -0.476 e. The number of nitrogens with one attached hydrogen (secondary N) is 1. The lowest BCUT2D eigenvalue weighted by atomic mass is 10.3. The maximum Gasteiger partial charge on any atom is 0.242 e. The summed E-state index contributed by atoms with van der Waals surface area (Å²) in [6.07, 6.45) is 1.98. The molecule has 1 aromatic heterocycles. The minimum atomic E-state index is 0.482. The fraction of sp³-hybridized carbons (Fsp3) is 0.733. The molecule has 6 heteroatoms. The molecule has 1 heterocycles. The van der Waals surface area contributed by atoms with Crippen LogP contribution in [0.2, 0.25) is 0 Å². The second-order valence-electron chi connectivity index (χ2n) is 4.99. The summed E-state index contributed by atoms with van der Waals surface area (Å²) in [6.45, 7) is 13.0. The Balaban J connectivity index is 2.56. The lowest BCUT2D eigenvalue weighted by molar-refractivity contribution is 0.302. The first-order valence-corrected chi connectivity index (χ1v) is 7.85. The van der Waals surface area contributed by atoms with E-state index in [1.54, 1.807) is 0 Å². The molecule has 21 heavy (non-hydrogen) atoms. The van der Waals surface area contributed by atoms with Crippen molar-refractivity contribution in [1.29, 1.82) is 0 Å². The molecule has 0 amide bonds. The maximum atomic E-state index is 6.06. The Hall–Kier alpha value is -1.56. The van der Waals surface area contributed by atoms with Gasteiger partial charge in [-0.15, -0.1) is 0 Å². The molecule has 0 saturated carbocycles. The second-order valence-corrected chi connectivity index (χ2v) is 4.99. The number of aryl methyl sites for hydroxylation is 1. The van der Waals surface area contributed by atoms with E-state index in [1.807, 2.05) is 6.92 Å². The third-order valence-corrected chi connectivity index (χ3v) is 3.30. The van der Waals surface area contributed by atoms with Gasteiger partial charge in [-0.3, -0.25) is 0 Å². The van der Waals surface area contributed by atoms with E-state index in [0.29, 0.717) is 29.8 Å². The molecule has 0 spiro atoms. The van der Waals surface area contributed by atoms with Crippen molar-refractivity contribution in [2.45, 2.75) is 40.5 Å². The van der Waals surface area contributed by atoms with Crippen molar-refractivity contribution in [3.8, 4) is 5.88 Å². The smallest absolute Gasteiger partial charge is 0.242 e. The van der Waals surface area contributed by atoms with E-state index in [9.17, 15) is 0 Å². The van der Waals surface area contributed by atoms with Crippen LogP contribution in [-0.4, -0.2) is 47.7 Å². The number of hydrogen-bond donors (Lipinski definition) is 2. The molecule has 3 N–H and O–H groups in total. The average Bonchev–Trinajstić information content (AvgIpc) is 2.48. The SMILES string of the molecule is CCCOc1nc(C)nc(NCCCN(CC)CC)c1N. The first-order valence-electron chi connectivity index (χ1n) is 7.85. The maximum absolute atomic E-state index is 6.06. The zero-order chi connectivity index (χ0) is 15.7. The highest BCUT2D eigenvalue weighted by Crippen LogP contribution is 2.25. The lowest BCUT2D eigenvalue weighted by Gasteiger charge is -2.18. The van der Waals surface area contributed by atoms with Crippen molar-refractivity contribution in [3.63, 3.8) is 0 Å². The van der Waals surface area contributed by atoms with Gasteiger partial charge >= 0.3 is 0 Å². The van der Waals surface area contributed by atoms with Gasteiger partial charge in [-0.2, -0.15) is 4.98 Å². The quantitative estimate of drug-likeness (QED) is 0.645. The number of nitrogens with two attached hydrogens (primary N) is 1. The molecule has 0 aliphatic rings. The Morgan fingerprint density at radius 1 is 1.19 bits per heavy atom. The van der Waals surface area contributed by atoms with Gasteiger partial charge in [0, 0.05) is 6.54 Å². The number of nitrogen functional groups attached to an aromatic ring is 1. The number of aromatic nitrogens is 2. The molecule has 6 nitrogen and oxygen atoms in total. The molecule has 0 radical (unpaired) electrons. The Labute approximate surface area is 128 Å². The molecular weight excluding hydrogens is 266 g/mol. The first kappa shape index (κ1) is 17.5. The van der Waals surface area contributed by atoms with Crippen molar-refractivity contribution in [2.75, 3.05) is 43.8 Å². The molecule has 0 aliphatic carbocycles. The Morgan fingerprint density at radius 2 is 1.90 bits per heavy atom. The summed E-state index contributed by atoms with van der Waals surface area (Å²) in [4.78, 5) is 11.0. The fourth-order valence-electron chi connectivity index (χ4n) is 2.05. The molecule has 0 aliphatic heterocycles. The predicted molar refractivity (Wildman–Crippen MR) is 87.9 cm³/mol. The molecule has 0 fully saturated rings. The molecule has 0 aromatic carbocycles. The van der Waals surface area contributed by atoms with Crippen molar-refractivity contribution < 1.29 is 4.74 Å². The van der Waals surface area contributed by atoms with Gasteiger partial charge in [0.2, 0.25) is 5.88 Å². The van der Waals surface area contributed by atoms with Crippen LogP contribution in [0.3, 0.4) is 0 Å². The molecule has 0 bridgehead atoms. The van der Waals surface area contributed by atoms with Crippen LogP contribution < -0.4 is 15.8 Å². The molecule has 1 aromatic rings. The van der Waals surface area contributed by atoms with Gasteiger partial charge in [0.25, 0.3) is 0 Å². The number of rotatable bonds is 10. The first-order chi connectivity index (χ1) is 10.1. The summed E-state index contributed by atoms with van der Waals surface area (Å²) in [7, 11) is 0. The summed E-state index contributed by atoms with van der Waals surface area (Å²) in [5.74, 6) is 1.82. The minimum absolute atomic E-state index is 0.482. The molecule has 1 rings (SSSR count). The van der Waals surface area contributed by atoms with E-state index in [-0.39, 0.29) is 0 Å². The fourth-order valence-corrected chi connectivity index (χ4v) is 2.05. The average molecular weight is 295 g/mol. The summed E-state index contributed by atoms with van der Waals surface area (Å²) < 4.78 is 5.56. The van der Waals surface area contributed by atoms with Gasteiger partial charge in [-0.25, -0.2) is 4.98 Å². The Kier molecular flexibility index (Phi) is 7.82. The summed E-state index contributed by atoms with van der Waals surface area (Å²) in [5.41, 5.74) is 6.56. The van der Waals surface area contributed by atoms with Crippen LogP contribution in [0, 0.1) is 6.92 Å². The number of anilines is 2. The van der Waals surface area contributed by atoms with E-state index in [2.05, 4.69) is 41.0 Å². The third kappa shape index (κ3) is 5.75. The number of nitrogens with zero attached hydrogens (tertiary/aromatic N) is 3. The molecular formula is C15H29N5O. The van der Waals surface area contributed by atoms with Crippen molar-refractivity contribution in [1.82, 2.24) is 14.9 Å². The highest BCUT2D eigenvalue weighted by molar-refractivity contribution is 5.66. The third-order valence-electron chi connectivity index (χ3n) is 3.30. The Morgan fingerprint density at radius 3 is 2.52 bits per heavy atom. The number of hydrogen-bond acceptors (Lipinski definition) is 6. The van der Waals surface area contributed by atoms with Crippen LogP contribution in [-0.2, 0) is 0 Å². The van der Waals surface area contributed by atoms with Crippen molar-refractivity contribution in [3.05, 3.63) is 5.82 Å². The molecule has 0 atom stereocenters. The summed E-state index contributed by atoms with van der Waals surface area (Å²) >= 11 is 0. The van der Waals surface area contributed by atoms with E-state index in [1.165, 1.54) is 0 Å². The molecule has 0 saturated heterocycles. The second kappa shape index (κ2) is 9.39. The molecule has 120 valence electrons. The predicted octanol–water partition coefficient (Wildman–Crippen LogP) is 2.30. The van der Waals surface area contributed by atoms with Crippen molar-refractivity contribution in [2.24, 2.45) is 0 Å². The molecule has 0 unspecified atom stereocenters. The largest absolute Gasteiger partial charge is 0.476 e. The van der Waals surface area contributed by atoms with Crippen molar-refractivity contribution >= 4 is 11.5 Å². The van der Waals surface area contributed by atoms with Crippen LogP contribution in [0.25, 0.3) is 0 Å². The van der Waals surface area contributed by atoms with Crippen LogP contribution in [0.1, 0.15) is 39.4 Å². The topological polar surface area (TPSA) is 76.3 Å². The summed E-state index contributed by atoms with van der Waals surface area (Å²) in [5, 5.41) is 3.29. The standard InChI is InChI=1S/C15H29N5O/c1-5-11-21-15-13(16)14(18-12(4)19-15)17-9-8-10-20(6-2)7-3/h5-11,16H2,1-4H3,(H,17,18,19). The van der Waals surface area contributed by atoms with Crippen LogP contribution in [0.4, 0.5) is 11.5 Å². The number of ether oxygens (including phenoxy) is 1. The van der Waals surface area contributed by atoms with Gasteiger partial charge in [0.1, 0.15) is 11.5 Å². The van der Waals surface area contributed by atoms with E-state index in [4.69, 9.17) is 10.5 Å². The highest BCUT2D eigenvalue weighted by atomic mass is 16.5. The van der Waals surface area contributed by atoms with Crippen LogP contribution >= 0.6 is 0 Å². The van der Waals surface area contributed by atoms with Gasteiger partial charge in [-0.1, -0.05) is 20.8 Å². The van der Waals surface area contributed by atoms with E-state index >= 15 is 0 Å². The monoisotopic (exact) mass is 295 g/mol. The lowest BCUT2D eigenvalue weighted by Crippen LogP contribution is -2.25. The zero-order valence-corrected chi connectivity index (χ0v) is 13.8. The van der Waals surface area contributed by atoms with Gasteiger partial charge in [0.15, 0.2) is 5.82 Å².